The molecule has 1 aliphatic carbocycles. The van der Waals surface area contributed by atoms with Crippen molar-refractivity contribution in [1.29, 1.82) is 0 Å². The second-order valence-electron chi connectivity index (χ2n) is 5.07. The third-order valence-electron chi connectivity index (χ3n) is 3.61. The van der Waals surface area contributed by atoms with Gasteiger partial charge in [0.05, 0.1) is 0 Å². The molecule has 1 fully saturated rings. The number of carbonyl (C=O) groups excluding carboxylic acids is 1. The third-order valence-corrected chi connectivity index (χ3v) is 3.61. The molecule has 1 aromatic carbocycles. The van der Waals surface area contributed by atoms with Crippen LogP contribution in [0.15, 0.2) is 18.2 Å². The molecule has 1 aliphatic rings. The minimum absolute atomic E-state index is 0. The Balaban J connectivity index is 0.00000180. The lowest BCUT2D eigenvalue weighted by molar-refractivity contribution is -0.117. The van der Waals surface area contributed by atoms with Crippen molar-refractivity contribution < 1.29 is 9.18 Å². The number of hydrogen-bond donors (Lipinski definition) is 2. The van der Waals surface area contributed by atoms with Crippen LogP contribution in [0.5, 0.6) is 0 Å². The lowest BCUT2D eigenvalue weighted by Crippen LogP contribution is -2.28. The summed E-state index contributed by atoms with van der Waals surface area (Å²) in [6, 6.07) is 4.73. The first-order valence-corrected chi connectivity index (χ1v) is 6.38. The van der Waals surface area contributed by atoms with E-state index in [1.54, 1.807) is 19.1 Å². The van der Waals surface area contributed by atoms with E-state index in [2.05, 4.69) is 5.32 Å². The van der Waals surface area contributed by atoms with Gasteiger partial charge in [0.25, 0.3) is 0 Å². The van der Waals surface area contributed by atoms with Gasteiger partial charge in [-0.15, -0.1) is 12.4 Å². The summed E-state index contributed by atoms with van der Waals surface area (Å²) in [4.78, 5) is 11.8. The molecule has 1 amide bonds. The first kappa shape index (κ1) is 15.9. The molecule has 19 heavy (non-hydrogen) atoms. The summed E-state index contributed by atoms with van der Waals surface area (Å²) in [5.74, 6) is -0.0132. The van der Waals surface area contributed by atoms with Crippen LogP contribution in [0.25, 0.3) is 0 Å². The van der Waals surface area contributed by atoms with Crippen LogP contribution in [0, 0.1) is 18.7 Å². The highest BCUT2D eigenvalue weighted by atomic mass is 35.5. The van der Waals surface area contributed by atoms with E-state index in [-0.39, 0.29) is 36.1 Å². The lowest BCUT2D eigenvalue weighted by atomic mass is 10.00. The molecule has 2 atom stereocenters. The van der Waals surface area contributed by atoms with Crippen LogP contribution in [-0.4, -0.2) is 11.9 Å². The molecule has 2 rings (SSSR count). The van der Waals surface area contributed by atoms with E-state index in [4.69, 9.17) is 5.73 Å². The van der Waals surface area contributed by atoms with Crippen LogP contribution in [0.1, 0.15) is 31.2 Å². The average Bonchev–Trinajstić information content (AvgIpc) is 2.70. The Morgan fingerprint density at radius 2 is 2.21 bits per heavy atom. The van der Waals surface area contributed by atoms with Gasteiger partial charge in [0, 0.05) is 18.2 Å². The molecule has 5 heteroatoms. The normalized spacial score (nSPS) is 21.8. The van der Waals surface area contributed by atoms with Gasteiger partial charge in [0.1, 0.15) is 5.82 Å². The largest absolute Gasteiger partial charge is 0.327 e. The van der Waals surface area contributed by atoms with Crippen LogP contribution in [0.2, 0.25) is 0 Å². The Bertz CT molecular complexity index is 453. The molecule has 0 unspecified atom stereocenters. The molecule has 1 saturated carbocycles. The molecular formula is C14H20ClFN2O. The molecule has 0 saturated heterocycles. The molecule has 0 radical (unpaired) electrons. The van der Waals surface area contributed by atoms with Crippen molar-refractivity contribution in [3.8, 4) is 0 Å². The predicted molar refractivity (Wildman–Crippen MR) is 76.9 cm³/mol. The van der Waals surface area contributed by atoms with E-state index in [0.717, 1.165) is 19.3 Å². The summed E-state index contributed by atoms with van der Waals surface area (Å²) in [6.07, 6.45) is 3.59. The second kappa shape index (κ2) is 6.87. The molecule has 3 nitrogen and oxygen atoms in total. The summed E-state index contributed by atoms with van der Waals surface area (Å²) in [5.41, 5.74) is 7.11. The zero-order chi connectivity index (χ0) is 13.1. The lowest BCUT2D eigenvalue weighted by Gasteiger charge is -2.15. The van der Waals surface area contributed by atoms with Crippen molar-refractivity contribution in [2.75, 3.05) is 5.32 Å². The standard InChI is InChI=1S/C14H19FN2O.ClH/c1-9-7-11(5-6-12(9)15)17-14(18)8-10-3-2-4-13(10)16;/h5-7,10,13H,2-4,8,16H2,1H3,(H,17,18);1H/t10-,13+;/m0./s1. The van der Waals surface area contributed by atoms with Gasteiger partial charge in [-0.3, -0.25) is 4.79 Å². The number of benzene rings is 1. The molecule has 0 bridgehead atoms. The number of rotatable bonds is 3. The van der Waals surface area contributed by atoms with Crippen LogP contribution in [0.4, 0.5) is 10.1 Å². The van der Waals surface area contributed by atoms with E-state index < -0.39 is 0 Å². The van der Waals surface area contributed by atoms with Gasteiger partial charge in [-0.05, 0) is 49.4 Å². The minimum Gasteiger partial charge on any atom is -0.327 e. The fourth-order valence-corrected chi connectivity index (χ4v) is 2.49. The fourth-order valence-electron chi connectivity index (χ4n) is 2.49. The first-order chi connectivity index (χ1) is 8.56. The maximum absolute atomic E-state index is 13.1. The van der Waals surface area contributed by atoms with Crippen molar-refractivity contribution in [2.45, 2.75) is 38.6 Å². The fraction of sp³-hybridized carbons (Fsp3) is 0.500. The summed E-state index contributed by atoms with van der Waals surface area (Å²) in [6.45, 7) is 1.68. The molecule has 1 aromatic rings. The molecule has 106 valence electrons. The topological polar surface area (TPSA) is 55.1 Å². The highest BCUT2D eigenvalue weighted by Crippen LogP contribution is 2.27. The number of carbonyl (C=O) groups is 1. The monoisotopic (exact) mass is 286 g/mol. The van der Waals surface area contributed by atoms with Crippen LogP contribution < -0.4 is 11.1 Å². The molecular weight excluding hydrogens is 267 g/mol. The molecule has 0 aliphatic heterocycles. The quantitative estimate of drug-likeness (QED) is 0.897. The van der Waals surface area contributed by atoms with Crippen molar-refractivity contribution in [2.24, 2.45) is 11.7 Å². The van der Waals surface area contributed by atoms with Crippen LogP contribution in [0.3, 0.4) is 0 Å². The van der Waals surface area contributed by atoms with E-state index in [1.165, 1.54) is 6.07 Å². The van der Waals surface area contributed by atoms with Crippen molar-refractivity contribution in [3.05, 3.63) is 29.6 Å². The van der Waals surface area contributed by atoms with Crippen molar-refractivity contribution in [1.82, 2.24) is 0 Å². The van der Waals surface area contributed by atoms with Crippen LogP contribution in [-0.2, 0) is 4.79 Å². The van der Waals surface area contributed by atoms with Crippen LogP contribution >= 0.6 is 12.4 Å². The van der Waals surface area contributed by atoms with Gasteiger partial charge < -0.3 is 11.1 Å². The van der Waals surface area contributed by atoms with E-state index in [0.29, 0.717) is 17.7 Å². The number of halogens is 2. The van der Waals surface area contributed by atoms with Gasteiger partial charge >= 0.3 is 0 Å². The molecule has 0 spiro atoms. The predicted octanol–water partition coefficient (Wildman–Crippen LogP) is 3.01. The molecule has 3 N–H and O–H groups in total. The number of nitrogens with one attached hydrogen (secondary N) is 1. The SMILES string of the molecule is Cc1cc(NC(=O)C[C@@H]2CCC[C@H]2N)ccc1F.Cl. The number of anilines is 1. The van der Waals surface area contributed by atoms with Gasteiger partial charge in [0.2, 0.25) is 5.91 Å². The van der Waals surface area contributed by atoms with Gasteiger partial charge in [0.15, 0.2) is 0 Å². The highest BCUT2D eigenvalue weighted by molar-refractivity contribution is 5.91. The van der Waals surface area contributed by atoms with E-state index >= 15 is 0 Å². The van der Waals surface area contributed by atoms with E-state index in [1.807, 2.05) is 0 Å². The maximum atomic E-state index is 13.1. The number of nitrogens with two attached hydrogens (primary N) is 1. The van der Waals surface area contributed by atoms with E-state index in [9.17, 15) is 9.18 Å². The Morgan fingerprint density at radius 1 is 1.47 bits per heavy atom. The molecule has 0 aromatic heterocycles. The second-order valence-corrected chi connectivity index (χ2v) is 5.07. The summed E-state index contributed by atoms with van der Waals surface area (Å²) < 4.78 is 13.1. The van der Waals surface area contributed by atoms with Gasteiger partial charge in [-0.2, -0.15) is 0 Å². The summed E-state index contributed by atoms with van der Waals surface area (Å²) in [5, 5.41) is 2.80. The average molecular weight is 287 g/mol. The maximum Gasteiger partial charge on any atom is 0.224 e. The van der Waals surface area contributed by atoms with Crippen molar-refractivity contribution in [3.63, 3.8) is 0 Å². The Kier molecular flexibility index (Phi) is 5.76. The van der Waals surface area contributed by atoms with Gasteiger partial charge in [-0.1, -0.05) is 6.42 Å². The third kappa shape index (κ3) is 4.18. The number of amides is 1. The number of hydrogen-bond acceptors (Lipinski definition) is 2. The summed E-state index contributed by atoms with van der Waals surface area (Å²) >= 11 is 0. The molecule has 0 heterocycles. The van der Waals surface area contributed by atoms with Crippen molar-refractivity contribution >= 4 is 24.0 Å². The zero-order valence-corrected chi connectivity index (χ0v) is 11.8. The Hall–Kier alpha value is -1.13. The Morgan fingerprint density at radius 3 is 2.79 bits per heavy atom. The van der Waals surface area contributed by atoms with Gasteiger partial charge in [-0.25, -0.2) is 4.39 Å². The first-order valence-electron chi connectivity index (χ1n) is 6.38. The Labute approximate surface area is 119 Å². The number of aryl methyl sites for hydroxylation is 1. The summed E-state index contributed by atoms with van der Waals surface area (Å²) in [7, 11) is 0. The smallest absolute Gasteiger partial charge is 0.224 e. The highest BCUT2D eigenvalue weighted by Gasteiger charge is 2.25. The minimum atomic E-state index is -0.259. The zero-order valence-electron chi connectivity index (χ0n) is 11.0.